The van der Waals surface area contributed by atoms with E-state index in [1.165, 1.54) is 24.0 Å². The van der Waals surface area contributed by atoms with Crippen LogP contribution in [0.1, 0.15) is 45.9 Å². The molecule has 1 saturated carbocycles. The lowest BCUT2D eigenvalue weighted by Gasteiger charge is -2.24. The normalized spacial score (nSPS) is 19.8. The average molecular weight is 376 g/mol. The van der Waals surface area contributed by atoms with E-state index >= 15 is 0 Å². The first-order chi connectivity index (χ1) is 13.4. The van der Waals surface area contributed by atoms with Gasteiger partial charge in [0.15, 0.2) is 0 Å². The summed E-state index contributed by atoms with van der Waals surface area (Å²) in [6.07, 6.45) is 3.12. The minimum atomic E-state index is -0.702. The molecule has 1 heterocycles. The van der Waals surface area contributed by atoms with E-state index in [1.807, 2.05) is 0 Å². The summed E-state index contributed by atoms with van der Waals surface area (Å²) in [6, 6.07) is 16.2. The number of amides is 2. The summed E-state index contributed by atoms with van der Waals surface area (Å²) in [7, 11) is 4.23. The molecule has 1 unspecified atom stereocenters. The van der Waals surface area contributed by atoms with Crippen molar-refractivity contribution in [3.05, 3.63) is 70.8 Å². The lowest BCUT2D eigenvalue weighted by atomic mass is 9.93. The standard InChI is InChI=1S/C23H26N3O2/c1-25(2)15-23(11-12-23)17-7-5-6-16(14-17)10-13-26-20(21(24)27)18-8-3-4-9-19(18)22(26)28/h3-8,14,20H,10-13,15H2,1-2H3,(H2,24,27). The minimum absolute atomic E-state index is 0.165. The summed E-state index contributed by atoms with van der Waals surface area (Å²) >= 11 is 0. The molecule has 5 nitrogen and oxygen atoms in total. The van der Waals surface area contributed by atoms with Gasteiger partial charge in [0.1, 0.15) is 6.04 Å². The van der Waals surface area contributed by atoms with Gasteiger partial charge in [0.2, 0.25) is 5.91 Å². The van der Waals surface area contributed by atoms with Crippen LogP contribution in [0.3, 0.4) is 0 Å². The molecule has 1 atom stereocenters. The Balaban J connectivity index is 1.51. The second-order valence-electron chi connectivity index (χ2n) is 8.27. The molecule has 2 N–H and O–H groups in total. The summed E-state index contributed by atoms with van der Waals surface area (Å²) in [5.74, 6) is -0.662. The van der Waals surface area contributed by atoms with Crippen molar-refractivity contribution in [3.8, 4) is 0 Å². The molecule has 1 aliphatic heterocycles. The van der Waals surface area contributed by atoms with Gasteiger partial charge in [0.25, 0.3) is 5.91 Å². The van der Waals surface area contributed by atoms with E-state index in [2.05, 4.69) is 49.3 Å². The SMILES string of the molecule is CN(C)CC1(c2cccc(CCN3C(=O)c4[c]cccc4C3C(N)=O)c2)CC1. The van der Waals surface area contributed by atoms with Gasteiger partial charge in [-0.2, -0.15) is 0 Å². The predicted octanol–water partition coefficient (Wildman–Crippen LogP) is 2.30. The fourth-order valence-corrected chi connectivity index (χ4v) is 4.43. The molecule has 2 amide bonds. The Morgan fingerprint density at radius 2 is 2.07 bits per heavy atom. The van der Waals surface area contributed by atoms with Gasteiger partial charge >= 0.3 is 0 Å². The van der Waals surface area contributed by atoms with Gasteiger partial charge in [-0.3, -0.25) is 9.59 Å². The number of benzene rings is 2. The van der Waals surface area contributed by atoms with Crippen LogP contribution in [0.15, 0.2) is 42.5 Å². The third-order valence-electron chi connectivity index (χ3n) is 5.89. The minimum Gasteiger partial charge on any atom is -0.368 e. The molecule has 1 fully saturated rings. The van der Waals surface area contributed by atoms with E-state index in [4.69, 9.17) is 5.73 Å². The predicted molar refractivity (Wildman–Crippen MR) is 108 cm³/mol. The van der Waals surface area contributed by atoms with E-state index < -0.39 is 11.9 Å². The van der Waals surface area contributed by atoms with E-state index in [0.717, 1.165) is 6.54 Å². The highest BCUT2D eigenvalue weighted by Crippen LogP contribution is 2.48. The van der Waals surface area contributed by atoms with Gasteiger partial charge in [0.05, 0.1) is 5.56 Å². The summed E-state index contributed by atoms with van der Waals surface area (Å²) in [5, 5.41) is 0. The Labute approximate surface area is 166 Å². The van der Waals surface area contributed by atoms with Gasteiger partial charge < -0.3 is 15.5 Å². The number of carbonyl (C=O) groups is 2. The first-order valence-corrected chi connectivity index (χ1v) is 9.76. The van der Waals surface area contributed by atoms with Crippen molar-refractivity contribution >= 4 is 11.8 Å². The van der Waals surface area contributed by atoms with Crippen LogP contribution in [0.2, 0.25) is 0 Å². The Hall–Kier alpha value is -2.66. The number of hydrogen-bond acceptors (Lipinski definition) is 3. The van der Waals surface area contributed by atoms with Crippen LogP contribution in [-0.4, -0.2) is 48.8 Å². The Morgan fingerprint density at radius 3 is 2.75 bits per heavy atom. The van der Waals surface area contributed by atoms with Crippen molar-refractivity contribution in [2.75, 3.05) is 27.2 Å². The molecule has 2 aliphatic rings. The first-order valence-electron chi connectivity index (χ1n) is 9.76. The molecule has 5 heteroatoms. The molecule has 0 aromatic heterocycles. The molecule has 2 aromatic carbocycles. The molecule has 4 rings (SSSR count). The number of nitrogens with two attached hydrogens (primary N) is 1. The van der Waals surface area contributed by atoms with E-state index in [0.29, 0.717) is 24.1 Å². The van der Waals surface area contributed by atoms with Gasteiger partial charge in [-0.05, 0) is 56.1 Å². The van der Waals surface area contributed by atoms with Crippen molar-refractivity contribution in [1.82, 2.24) is 9.80 Å². The molecule has 28 heavy (non-hydrogen) atoms. The molecule has 1 aliphatic carbocycles. The molecular weight excluding hydrogens is 350 g/mol. The van der Waals surface area contributed by atoms with Gasteiger partial charge in [-0.1, -0.05) is 42.5 Å². The van der Waals surface area contributed by atoms with Crippen molar-refractivity contribution in [2.24, 2.45) is 5.73 Å². The summed E-state index contributed by atoms with van der Waals surface area (Å²) in [6.45, 7) is 1.51. The van der Waals surface area contributed by atoms with Crippen LogP contribution in [0.5, 0.6) is 0 Å². The van der Waals surface area contributed by atoms with Crippen LogP contribution in [0.4, 0.5) is 0 Å². The van der Waals surface area contributed by atoms with Crippen molar-refractivity contribution < 1.29 is 9.59 Å². The topological polar surface area (TPSA) is 66.6 Å². The maximum atomic E-state index is 12.8. The third kappa shape index (κ3) is 3.31. The molecule has 2 aromatic rings. The van der Waals surface area contributed by atoms with Crippen LogP contribution >= 0.6 is 0 Å². The zero-order chi connectivity index (χ0) is 19.9. The van der Waals surface area contributed by atoms with Crippen molar-refractivity contribution in [1.29, 1.82) is 0 Å². The number of hydrogen-bond donors (Lipinski definition) is 1. The fraction of sp³-hybridized carbons (Fsp3) is 0.391. The average Bonchev–Trinajstić information content (AvgIpc) is 3.38. The number of nitrogens with zero attached hydrogens (tertiary/aromatic N) is 2. The highest BCUT2D eigenvalue weighted by atomic mass is 16.2. The molecule has 0 saturated heterocycles. The monoisotopic (exact) mass is 376 g/mol. The molecule has 0 spiro atoms. The van der Waals surface area contributed by atoms with E-state index in [-0.39, 0.29) is 11.3 Å². The number of rotatable bonds is 7. The zero-order valence-electron chi connectivity index (χ0n) is 16.4. The third-order valence-corrected chi connectivity index (χ3v) is 5.89. The Bertz CT molecular complexity index is 918. The molecule has 0 bridgehead atoms. The van der Waals surface area contributed by atoms with Gasteiger partial charge in [0, 0.05) is 18.5 Å². The van der Waals surface area contributed by atoms with E-state index in [1.54, 1.807) is 23.1 Å². The number of fused-ring (bicyclic) bond motifs is 1. The van der Waals surface area contributed by atoms with Crippen LogP contribution in [0, 0.1) is 6.07 Å². The fourth-order valence-electron chi connectivity index (χ4n) is 4.43. The maximum absolute atomic E-state index is 12.8. The number of carbonyl (C=O) groups excluding carboxylic acids is 2. The maximum Gasteiger partial charge on any atom is 0.255 e. The summed E-state index contributed by atoms with van der Waals surface area (Å²) in [4.78, 5) is 28.6. The van der Waals surface area contributed by atoms with Crippen LogP contribution in [0.25, 0.3) is 0 Å². The highest BCUT2D eigenvalue weighted by molar-refractivity contribution is 6.04. The second-order valence-corrected chi connectivity index (χ2v) is 8.27. The zero-order valence-corrected chi connectivity index (χ0v) is 16.4. The highest BCUT2D eigenvalue weighted by Gasteiger charge is 2.44. The lowest BCUT2D eigenvalue weighted by molar-refractivity contribution is -0.122. The number of primary amides is 1. The smallest absolute Gasteiger partial charge is 0.255 e. The quantitative estimate of drug-likeness (QED) is 0.806. The first kappa shape index (κ1) is 18.7. The molecule has 1 radical (unpaired) electrons. The van der Waals surface area contributed by atoms with Crippen molar-refractivity contribution in [3.63, 3.8) is 0 Å². The number of likely N-dealkylation sites (N-methyl/N-ethyl adjacent to an activating group) is 1. The second kappa shape index (κ2) is 7.06. The molecular formula is C23H26N3O2. The van der Waals surface area contributed by atoms with E-state index in [9.17, 15) is 9.59 Å². The Kier molecular flexibility index (Phi) is 4.71. The van der Waals surface area contributed by atoms with Gasteiger partial charge in [-0.25, -0.2) is 0 Å². The largest absolute Gasteiger partial charge is 0.368 e. The Morgan fingerprint density at radius 1 is 1.29 bits per heavy atom. The lowest BCUT2D eigenvalue weighted by Crippen LogP contribution is -2.37. The van der Waals surface area contributed by atoms with Crippen LogP contribution < -0.4 is 5.73 Å². The van der Waals surface area contributed by atoms with Crippen LogP contribution in [-0.2, 0) is 16.6 Å². The summed E-state index contributed by atoms with van der Waals surface area (Å²) < 4.78 is 0. The van der Waals surface area contributed by atoms with Crippen molar-refractivity contribution in [2.45, 2.75) is 30.7 Å². The molecule has 145 valence electrons. The van der Waals surface area contributed by atoms with Gasteiger partial charge in [-0.15, -0.1) is 0 Å². The summed E-state index contributed by atoms with van der Waals surface area (Å²) in [5.41, 5.74) is 9.56.